The van der Waals surface area contributed by atoms with Crippen LogP contribution in [0.2, 0.25) is 0 Å². The predicted octanol–water partition coefficient (Wildman–Crippen LogP) is 0.886. The molecule has 0 saturated heterocycles. The van der Waals surface area contributed by atoms with E-state index in [0.717, 1.165) is 11.1 Å². The highest BCUT2D eigenvalue weighted by Crippen LogP contribution is 2.16. The van der Waals surface area contributed by atoms with Gasteiger partial charge in [-0.15, -0.1) is 0 Å². The quantitative estimate of drug-likeness (QED) is 0.700. The van der Waals surface area contributed by atoms with Crippen molar-refractivity contribution < 1.29 is 0 Å². The Morgan fingerprint density at radius 2 is 2.38 bits per heavy atom. The number of anilines is 1. The van der Waals surface area contributed by atoms with Crippen molar-refractivity contribution in [2.24, 2.45) is 5.73 Å². The lowest BCUT2D eigenvalue weighted by molar-refractivity contribution is 0.743. The summed E-state index contributed by atoms with van der Waals surface area (Å²) in [5, 5.41) is 8.45. The van der Waals surface area contributed by atoms with Crippen molar-refractivity contribution in [1.29, 1.82) is 5.26 Å². The minimum atomic E-state index is -0.267. The van der Waals surface area contributed by atoms with E-state index in [2.05, 4.69) is 4.98 Å². The Balaban J connectivity index is 2.91. The normalized spacial score (nSPS) is 12.1. The average Bonchev–Trinajstić information content (AvgIpc) is 2.10. The summed E-state index contributed by atoms with van der Waals surface area (Å²) >= 11 is 0. The zero-order valence-corrected chi connectivity index (χ0v) is 7.49. The Kier molecular flexibility index (Phi) is 2.83. The second-order valence-electron chi connectivity index (χ2n) is 2.94. The maximum Gasteiger partial charge on any atom is 0.126 e. The third-order valence-corrected chi connectivity index (χ3v) is 1.88. The second kappa shape index (κ2) is 3.87. The van der Waals surface area contributed by atoms with Crippen molar-refractivity contribution in [1.82, 2.24) is 4.98 Å². The first-order valence-electron chi connectivity index (χ1n) is 3.99. The van der Waals surface area contributed by atoms with Gasteiger partial charge in [0.15, 0.2) is 0 Å². The minimum absolute atomic E-state index is 0.267. The number of aryl methyl sites for hydroxylation is 1. The van der Waals surface area contributed by atoms with Gasteiger partial charge in [0.25, 0.3) is 0 Å². The van der Waals surface area contributed by atoms with Crippen LogP contribution in [0.1, 0.15) is 23.6 Å². The van der Waals surface area contributed by atoms with Gasteiger partial charge in [0.05, 0.1) is 12.5 Å². The number of pyridine rings is 1. The second-order valence-corrected chi connectivity index (χ2v) is 2.94. The molecule has 0 spiro atoms. The maximum absolute atomic E-state index is 8.45. The van der Waals surface area contributed by atoms with Crippen LogP contribution in [0.3, 0.4) is 0 Å². The van der Waals surface area contributed by atoms with Gasteiger partial charge in [0, 0.05) is 12.2 Å². The Labute approximate surface area is 77.2 Å². The smallest absolute Gasteiger partial charge is 0.126 e. The first-order chi connectivity index (χ1) is 6.15. The predicted molar refractivity (Wildman–Crippen MR) is 50.5 cm³/mol. The summed E-state index contributed by atoms with van der Waals surface area (Å²) in [5.74, 6) is 0.507. The Morgan fingerprint density at radius 1 is 1.69 bits per heavy atom. The number of hydrogen-bond acceptors (Lipinski definition) is 4. The third kappa shape index (κ3) is 2.17. The highest BCUT2D eigenvalue weighted by atomic mass is 14.8. The molecule has 0 aromatic carbocycles. The van der Waals surface area contributed by atoms with Gasteiger partial charge in [0.2, 0.25) is 0 Å². The molecule has 0 radical (unpaired) electrons. The van der Waals surface area contributed by atoms with E-state index < -0.39 is 0 Å². The molecule has 0 saturated carbocycles. The highest BCUT2D eigenvalue weighted by molar-refractivity contribution is 5.40. The first kappa shape index (κ1) is 9.49. The molecule has 1 atom stereocenters. The van der Waals surface area contributed by atoms with Crippen molar-refractivity contribution in [2.45, 2.75) is 19.4 Å². The van der Waals surface area contributed by atoms with Crippen LogP contribution in [0.15, 0.2) is 12.3 Å². The van der Waals surface area contributed by atoms with E-state index in [1.165, 1.54) is 0 Å². The summed E-state index contributed by atoms with van der Waals surface area (Å²) in [6, 6.07) is 3.61. The molecule has 1 heterocycles. The molecular weight excluding hydrogens is 164 g/mol. The molecular formula is C9H12N4. The standard InChI is InChI=1S/C9H12N4/c1-6-4-7(5-13-9(6)12)8(11)2-3-10/h4-5,8H,2,11H2,1H3,(H2,12,13)/t8-/m0/s1. The molecule has 4 N–H and O–H groups in total. The highest BCUT2D eigenvalue weighted by Gasteiger charge is 2.06. The third-order valence-electron chi connectivity index (χ3n) is 1.88. The number of nitrogens with zero attached hydrogens (tertiary/aromatic N) is 2. The zero-order chi connectivity index (χ0) is 9.84. The van der Waals surface area contributed by atoms with Crippen LogP contribution in [-0.2, 0) is 0 Å². The molecule has 1 aromatic heterocycles. The number of nitriles is 1. The summed E-state index contributed by atoms with van der Waals surface area (Å²) in [4.78, 5) is 3.97. The van der Waals surface area contributed by atoms with Gasteiger partial charge in [-0.3, -0.25) is 0 Å². The first-order valence-corrected chi connectivity index (χ1v) is 3.99. The fraction of sp³-hybridized carbons (Fsp3) is 0.333. The molecule has 1 rings (SSSR count). The monoisotopic (exact) mass is 176 g/mol. The van der Waals surface area contributed by atoms with Crippen molar-refractivity contribution in [3.8, 4) is 6.07 Å². The number of aromatic nitrogens is 1. The summed E-state index contributed by atoms with van der Waals surface area (Å²) in [5.41, 5.74) is 13.0. The van der Waals surface area contributed by atoms with Crippen LogP contribution in [-0.4, -0.2) is 4.98 Å². The lowest BCUT2D eigenvalue weighted by atomic mass is 10.1. The molecule has 68 valence electrons. The number of hydrogen-bond donors (Lipinski definition) is 2. The molecule has 4 heteroatoms. The lowest BCUT2D eigenvalue weighted by Gasteiger charge is -2.08. The number of rotatable bonds is 2. The Bertz CT molecular complexity index is 340. The van der Waals surface area contributed by atoms with E-state index in [4.69, 9.17) is 16.7 Å². The summed E-state index contributed by atoms with van der Waals surface area (Å²) in [6.07, 6.45) is 1.91. The summed E-state index contributed by atoms with van der Waals surface area (Å²) in [6.45, 7) is 1.87. The molecule has 0 aliphatic carbocycles. The van der Waals surface area contributed by atoms with Gasteiger partial charge in [-0.25, -0.2) is 4.98 Å². The van der Waals surface area contributed by atoms with E-state index in [-0.39, 0.29) is 6.04 Å². The van der Waals surface area contributed by atoms with Crippen LogP contribution >= 0.6 is 0 Å². The van der Waals surface area contributed by atoms with E-state index in [0.29, 0.717) is 12.2 Å². The zero-order valence-electron chi connectivity index (χ0n) is 7.49. The molecule has 0 fully saturated rings. The fourth-order valence-corrected chi connectivity index (χ4v) is 1.03. The largest absolute Gasteiger partial charge is 0.383 e. The molecule has 0 aliphatic rings. The van der Waals surface area contributed by atoms with Gasteiger partial charge in [-0.05, 0) is 24.1 Å². The number of nitrogens with two attached hydrogens (primary N) is 2. The molecule has 13 heavy (non-hydrogen) atoms. The van der Waals surface area contributed by atoms with E-state index in [1.807, 2.05) is 19.1 Å². The Hall–Kier alpha value is -1.60. The minimum Gasteiger partial charge on any atom is -0.383 e. The molecule has 0 bridgehead atoms. The fourth-order valence-electron chi connectivity index (χ4n) is 1.03. The maximum atomic E-state index is 8.45. The van der Waals surface area contributed by atoms with Crippen molar-refractivity contribution in [2.75, 3.05) is 5.73 Å². The van der Waals surface area contributed by atoms with Crippen molar-refractivity contribution >= 4 is 5.82 Å². The van der Waals surface area contributed by atoms with Crippen LogP contribution in [0.4, 0.5) is 5.82 Å². The van der Waals surface area contributed by atoms with E-state index in [9.17, 15) is 0 Å². The SMILES string of the molecule is Cc1cc([C@@H](N)CC#N)cnc1N. The van der Waals surface area contributed by atoms with Crippen LogP contribution in [0.5, 0.6) is 0 Å². The molecule has 0 unspecified atom stereocenters. The summed E-state index contributed by atoms with van der Waals surface area (Å²) in [7, 11) is 0. The van der Waals surface area contributed by atoms with E-state index >= 15 is 0 Å². The van der Waals surface area contributed by atoms with Crippen molar-refractivity contribution in [3.05, 3.63) is 23.4 Å². The van der Waals surface area contributed by atoms with Gasteiger partial charge >= 0.3 is 0 Å². The van der Waals surface area contributed by atoms with Gasteiger partial charge in [-0.2, -0.15) is 5.26 Å². The van der Waals surface area contributed by atoms with E-state index in [1.54, 1.807) is 6.20 Å². The number of nitrogen functional groups attached to an aromatic ring is 1. The van der Waals surface area contributed by atoms with Gasteiger partial charge in [0.1, 0.15) is 5.82 Å². The molecule has 1 aromatic rings. The molecule has 4 nitrogen and oxygen atoms in total. The topological polar surface area (TPSA) is 88.7 Å². The average molecular weight is 176 g/mol. The Morgan fingerprint density at radius 3 is 2.92 bits per heavy atom. The molecule has 0 amide bonds. The molecule has 0 aliphatic heterocycles. The van der Waals surface area contributed by atoms with Crippen molar-refractivity contribution in [3.63, 3.8) is 0 Å². The van der Waals surface area contributed by atoms with Crippen LogP contribution in [0.25, 0.3) is 0 Å². The lowest BCUT2D eigenvalue weighted by Crippen LogP contribution is -2.10. The van der Waals surface area contributed by atoms with Crippen LogP contribution < -0.4 is 11.5 Å². The summed E-state index contributed by atoms with van der Waals surface area (Å²) < 4.78 is 0. The van der Waals surface area contributed by atoms with Gasteiger partial charge in [-0.1, -0.05) is 0 Å². The van der Waals surface area contributed by atoms with Crippen LogP contribution in [0, 0.1) is 18.3 Å². The van der Waals surface area contributed by atoms with Gasteiger partial charge < -0.3 is 11.5 Å².